The number of rotatable bonds is 32. The molecule has 0 aliphatic rings. The second kappa shape index (κ2) is 34.9. The van der Waals surface area contributed by atoms with Crippen molar-refractivity contribution in [3.05, 3.63) is 0 Å². The average Bonchev–Trinajstić information content (AvgIpc) is 2.97. The van der Waals surface area contributed by atoms with Crippen LogP contribution in [0.25, 0.3) is 0 Å². The van der Waals surface area contributed by atoms with Gasteiger partial charge < -0.3 is 30.0 Å². The molecular weight excluding hydrogens is 577 g/mol. The Kier molecular flexibility index (Phi) is 38.1. The number of unbranched alkanes of at least 4 members (excludes halogenated alkanes) is 26. The third-order valence-electron chi connectivity index (χ3n) is 8.91. The average molecular weight is 651 g/mol. The third kappa shape index (κ3) is 36.3. The maximum absolute atomic E-state index is 10.6. The van der Waals surface area contributed by atoms with E-state index in [2.05, 4.69) is 13.8 Å². The molecule has 45 heavy (non-hydrogen) atoms. The molecule has 0 aromatic heterocycles. The summed E-state index contributed by atoms with van der Waals surface area (Å²) in [6.45, 7) is 7.16. The van der Waals surface area contributed by atoms with E-state index >= 15 is 0 Å². The smallest absolute Gasteiger partial charge is 0.547 e. The zero-order valence-corrected chi connectivity index (χ0v) is 31.9. The quantitative estimate of drug-likeness (QED) is 0.0558. The van der Waals surface area contributed by atoms with Gasteiger partial charge >= 0.3 is 23.1 Å². The summed E-state index contributed by atoms with van der Waals surface area (Å²) in [7, 11) is 0. The maximum atomic E-state index is 10.6. The Morgan fingerprint density at radius 3 is 0.711 bits per heavy atom. The zero-order valence-electron chi connectivity index (χ0n) is 30.4. The molecule has 0 amide bonds. The summed E-state index contributed by atoms with van der Waals surface area (Å²) in [5, 5.41) is 40.3. The van der Waals surface area contributed by atoms with Crippen LogP contribution in [0.1, 0.15) is 220 Å². The molecule has 0 aliphatic heterocycles. The second-order valence-electron chi connectivity index (χ2n) is 13.8. The van der Waals surface area contributed by atoms with Gasteiger partial charge in [0.25, 0.3) is 0 Å². The topological polar surface area (TPSA) is 121 Å². The van der Waals surface area contributed by atoms with Gasteiger partial charge in [-0.15, -0.1) is 0 Å². The van der Waals surface area contributed by atoms with Crippen molar-refractivity contribution in [2.45, 2.75) is 232 Å². The number of carbonyl (C=O) groups excluding carboxylic acids is 2. The molecule has 0 saturated carbocycles. The Balaban J connectivity index is -0.000000767. The monoisotopic (exact) mass is 651 g/mol. The van der Waals surface area contributed by atoms with Crippen LogP contribution in [0.3, 0.4) is 0 Å². The van der Waals surface area contributed by atoms with Gasteiger partial charge in [-0.2, -0.15) is 0 Å². The molecule has 0 heterocycles. The summed E-state index contributed by atoms with van der Waals surface area (Å²) in [5.41, 5.74) is -3.31. The Morgan fingerprint density at radius 1 is 0.400 bits per heavy atom. The molecule has 0 fully saturated rings. The molecule has 2 N–H and O–H groups in total. The van der Waals surface area contributed by atoms with Crippen molar-refractivity contribution in [2.75, 3.05) is 0 Å². The molecule has 2 atom stereocenters. The van der Waals surface area contributed by atoms with E-state index in [1.165, 1.54) is 155 Å². The van der Waals surface area contributed by atoms with Crippen LogP contribution >= 0.6 is 0 Å². The van der Waals surface area contributed by atoms with Crippen LogP contribution in [0.15, 0.2) is 0 Å². The van der Waals surface area contributed by atoms with Gasteiger partial charge in [-0.25, -0.2) is 0 Å². The van der Waals surface area contributed by atoms with Crippen LogP contribution in [0.4, 0.5) is 0 Å². The first-order chi connectivity index (χ1) is 21.0. The molecular formula is C38H74MgO6. The largest absolute Gasteiger partial charge is 2.00 e. The van der Waals surface area contributed by atoms with Crippen molar-refractivity contribution in [1.82, 2.24) is 0 Å². The van der Waals surface area contributed by atoms with E-state index in [1.807, 2.05) is 0 Å². The Morgan fingerprint density at radius 2 is 0.556 bits per heavy atom. The van der Waals surface area contributed by atoms with Gasteiger partial charge in [0, 0.05) is 0 Å². The fourth-order valence-corrected chi connectivity index (χ4v) is 5.53. The summed E-state index contributed by atoms with van der Waals surface area (Å²) in [5.74, 6) is -2.72. The van der Waals surface area contributed by atoms with Gasteiger partial charge in [-0.05, 0) is 26.7 Å². The minimum absolute atomic E-state index is 0. The van der Waals surface area contributed by atoms with Crippen LogP contribution in [0.2, 0.25) is 0 Å². The predicted molar refractivity (Wildman–Crippen MR) is 187 cm³/mol. The fraction of sp³-hybridized carbons (Fsp3) is 0.947. The van der Waals surface area contributed by atoms with E-state index < -0.39 is 23.1 Å². The van der Waals surface area contributed by atoms with Crippen LogP contribution < -0.4 is 10.2 Å². The number of hydrogen-bond acceptors (Lipinski definition) is 6. The molecule has 0 radical (unpaired) electrons. The van der Waals surface area contributed by atoms with Crippen LogP contribution in [-0.4, -0.2) is 56.4 Å². The number of aliphatic hydroxyl groups is 2. The minimum Gasteiger partial charge on any atom is -0.547 e. The summed E-state index contributed by atoms with van der Waals surface area (Å²) < 4.78 is 0. The number of carboxylic acids is 2. The summed E-state index contributed by atoms with van der Waals surface area (Å²) >= 11 is 0. The SMILES string of the molecule is CCCCCCCCCCCCCCCCC(C)(O)C(=O)[O-].CCCCCCCCCCCCCCCCC(C)(O)C(=O)[O-].[Mg+2]. The van der Waals surface area contributed by atoms with E-state index in [0.29, 0.717) is 12.8 Å². The summed E-state index contributed by atoms with van der Waals surface area (Å²) in [4.78, 5) is 21.2. The van der Waals surface area contributed by atoms with Crippen LogP contribution in [-0.2, 0) is 9.59 Å². The van der Waals surface area contributed by atoms with Crippen LogP contribution in [0.5, 0.6) is 0 Å². The van der Waals surface area contributed by atoms with Crippen molar-refractivity contribution >= 4 is 35.0 Å². The van der Waals surface area contributed by atoms with Crippen LogP contribution in [0, 0.1) is 0 Å². The Bertz CT molecular complexity index is 584. The normalized spacial score (nSPS) is 13.6. The van der Waals surface area contributed by atoms with Gasteiger partial charge in [0.2, 0.25) is 0 Å². The van der Waals surface area contributed by atoms with Gasteiger partial charge in [-0.3, -0.25) is 0 Å². The zero-order chi connectivity index (χ0) is 33.4. The first-order valence-corrected chi connectivity index (χ1v) is 18.9. The molecule has 0 aliphatic carbocycles. The molecule has 6 nitrogen and oxygen atoms in total. The first kappa shape index (κ1) is 49.0. The van der Waals surface area contributed by atoms with Crippen molar-refractivity contribution in [3.63, 3.8) is 0 Å². The number of carboxylic acid groups (broad SMARTS) is 2. The number of hydrogen-bond donors (Lipinski definition) is 2. The molecule has 0 saturated heterocycles. The van der Waals surface area contributed by atoms with Gasteiger partial charge in [0.1, 0.15) is 11.2 Å². The van der Waals surface area contributed by atoms with E-state index in [-0.39, 0.29) is 23.1 Å². The van der Waals surface area contributed by atoms with E-state index in [9.17, 15) is 30.0 Å². The fourth-order valence-electron chi connectivity index (χ4n) is 5.53. The van der Waals surface area contributed by atoms with Gasteiger partial charge in [0.15, 0.2) is 0 Å². The van der Waals surface area contributed by atoms with E-state index in [0.717, 1.165) is 38.5 Å². The second-order valence-corrected chi connectivity index (χ2v) is 13.8. The van der Waals surface area contributed by atoms with Gasteiger partial charge in [-0.1, -0.05) is 194 Å². The van der Waals surface area contributed by atoms with E-state index in [1.54, 1.807) is 0 Å². The van der Waals surface area contributed by atoms with E-state index in [4.69, 9.17) is 0 Å². The molecule has 0 spiro atoms. The van der Waals surface area contributed by atoms with Crippen molar-refractivity contribution < 1.29 is 30.0 Å². The molecule has 2 unspecified atom stereocenters. The van der Waals surface area contributed by atoms with Gasteiger partial charge in [0.05, 0.1) is 11.9 Å². The summed E-state index contributed by atoms with van der Waals surface area (Å²) in [6.07, 6.45) is 36.2. The number of carbonyl (C=O) groups is 2. The Labute approximate surface area is 295 Å². The predicted octanol–water partition coefficient (Wildman–Crippen LogP) is 8.34. The molecule has 0 bridgehead atoms. The molecule has 0 aromatic rings. The standard InChI is InChI=1S/2C19H38O3.Mg/c2*1-3-4-5-6-7-8-9-10-11-12-13-14-15-16-17-19(2,22)18(20)21;/h2*22H,3-17H2,1-2H3,(H,20,21);/q;;+2/p-2. The first-order valence-electron chi connectivity index (χ1n) is 18.9. The third-order valence-corrected chi connectivity index (χ3v) is 8.91. The van der Waals surface area contributed by atoms with Crippen molar-refractivity contribution in [3.8, 4) is 0 Å². The Hall–Kier alpha value is -0.374. The summed E-state index contributed by atoms with van der Waals surface area (Å²) in [6, 6.07) is 0. The molecule has 0 rings (SSSR count). The maximum Gasteiger partial charge on any atom is 2.00 e. The molecule has 7 heteroatoms. The minimum atomic E-state index is -1.66. The molecule has 264 valence electrons. The van der Waals surface area contributed by atoms with Crippen molar-refractivity contribution in [2.24, 2.45) is 0 Å². The molecule has 0 aromatic carbocycles. The van der Waals surface area contributed by atoms with Crippen molar-refractivity contribution in [1.29, 1.82) is 0 Å². The number of aliphatic carboxylic acids is 2.